The minimum Gasteiger partial charge on any atom is -0.478 e. The van der Waals surface area contributed by atoms with Crippen molar-refractivity contribution in [3.8, 4) is 0 Å². The van der Waals surface area contributed by atoms with Gasteiger partial charge in [-0.3, -0.25) is 0 Å². The van der Waals surface area contributed by atoms with Gasteiger partial charge in [-0.1, -0.05) is 22.0 Å². The molecule has 0 unspecified atom stereocenters. The van der Waals surface area contributed by atoms with Crippen molar-refractivity contribution < 1.29 is 14.3 Å². The number of benzene rings is 1. The Morgan fingerprint density at radius 1 is 1.54 bits per heavy atom. The predicted octanol–water partition coefficient (Wildman–Crippen LogP) is 2.69. The number of rotatable bonds is 2. The first-order valence-corrected chi connectivity index (χ1v) is 4.25. The van der Waals surface area contributed by atoms with Crippen LogP contribution >= 0.6 is 15.9 Å². The van der Waals surface area contributed by atoms with Crippen LogP contribution in [0.1, 0.15) is 5.56 Å². The van der Waals surface area contributed by atoms with Crippen LogP contribution in [-0.2, 0) is 4.79 Å². The summed E-state index contributed by atoms with van der Waals surface area (Å²) in [6.07, 6.45) is 2.39. The fraction of sp³-hybridized carbons (Fsp3) is 0. The lowest BCUT2D eigenvalue weighted by atomic mass is 10.2. The van der Waals surface area contributed by atoms with E-state index in [9.17, 15) is 9.18 Å². The van der Waals surface area contributed by atoms with Gasteiger partial charge in [-0.25, -0.2) is 9.18 Å². The predicted molar refractivity (Wildman–Crippen MR) is 50.8 cm³/mol. The van der Waals surface area contributed by atoms with Crippen molar-refractivity contribution in [3.63, 3.8) is 0 Å². The summed E-state index contributed by atoms with van der Waals surface area (Å²) in [5.74, 6) is -1.39. The lowest BCUT2D eigenvalue weighted by Gasteiger charge is -1.96. The Bertz CT molecular complexity index is 361. The average Bonchev–Trinajstić information content (AvgIpc) is 2.02. The minimum absolute atomic E-state index is 0.362. The molecule has 68 valence electrons. The molecule has 0 spiro atoms. The minimum atomic E-state index is -1.03. The molecule has 13 heavy (non-hydrogen) atoms. The summed E-state index contributed by atoms with van der Waals surface area (Å²) < 4.78 is 13.1. The molecule has 0 aliphatic heterocycles. The van der Waals surface area contributed by atoms with Crippen molar-refractivity contribution in [3.05, 3.63) is 40.1 Å². The summed E-state index contributed by atoms with van der Waals surface area (Å²) in [4.78, 5) is 10.2. The molecule has 0 heterocycles. The zero-order chi connectivity index (χ0) is 9.84. The molecule has 0 aromatic heterocycles. The summed E-state index contributed by atoms with van der Waals surface area (Å²) in [5.41, 5.74) is 0.629. The van der Waals surface area contributed by atoms with E-state index in [0.29, 0.717) is 10.0 Å². The van der Waals surface area contributed by atoms with Gasteiger partial charge in [0.2, 0.25) is 0 Å². The fourth-order valence-electron chi connectivity index (χ4n) is 0.798. The SMILES string of the molecule is O=C(O)/C=C/c1ccc(F)cc1Br. The summed E-state index contributed by atoms with van der Waals surface area (Å²) >= 11 is 3.11. The Balaban J connectivity index is 2.96. The van der Waals surface area contributed by atoms with Crippen molar-refractivity contribution in [1.29, 1.82) is 0 Å². The van der Waals surface area contributed by atoms with Crippen LogP contribution in [0.15, 0.2) is 28.7 Å². The maximum Gasteiger partial charge on any atom is 0.328 e. The molecule has 0 radical (unpaired) electrons. The Morgan fingerprint density at radius 2 is 2.23 bits per heavy atom. The van der Waals surface area contributed by atoms with Crippen LogP contribution in [0.25, 0.3) is 6.08 Å². The van der Waals surface area contributed by atoms with Crippen molar-refractivity contribution in [2.24, 2.45) is 0 Å². The van der Waals surface area contributed by atoms with E-state index < -0.39 is 5.97 Å². The summed E-state index contributed by atoms with van der Waals surface area (Å²) in [6, 6.07) is 4.05. The monoisotopic (exact) mass is 244 g/mol. The number of hydrogen-bond acceptors (Lipinski definition) is 1. The Hall–Kier alpha value is -1.16. The smallest absolute Gasteiger partial charge is 0.328 e. The summed E-state index contributed by atoms with van der Waals surface area (Å²) in [6.45, 7) is 0. The molecule has 2 nitrogen and oxygen atoms in total. The van der Waals surface area contributed by atoms with E-state index >= 15 is 0 Å². The number of carboxylic acid groups (broad SMARTS) is 1. The second kappa shape index (κ2) is 4.18. The van der Waals surface area contributed by atoms with Crippen LogP contribution in [0.5, 0.6) is 0 Å². The van der Waals surface area contributed by atoms with E-state index in [1.54, 1.807) is 0 Å². The van der Waals surface area contributed by atoms with Gasteiger partial charge in [0.25, 0.3) is 0 Å². The standard InChI is InChI=1S/C9H6BrFO2/c10-8-5-7(11)3-1-6(8)2-4-9(12)13/h1-5H,(H,12,13)/b4-2+. The number of aliphatic carboxylic acids is 1. The summed E-state index contributed by atoms with van der Waals surface area (Å²) in [5, 5.41) is 8.34. The molecule has 0 bridgehead atoms. The zero-order valence-electron chi connectivity index (χ0n) is 6.50. The third kappa shape index (κ3) is 2.99. The van der Waals surface area contributed by atoms with E-state index in [0.717, 1.165) is 6.08 Å². The first kappa shape index (κ1) is 9.92. The largest absolute Gasteiger partial charge is 0.478 e. The van der Waals surface area contributed by atoms with Crippen molar-refractivity contribution in [2.45, 2.75) is 0 Å². The van der Waals surface area contributed by atoms with E-state index in [1.807, 2.05) is 0 Å². The Kier molecular flexibility index (Phi) is 3.19. The molecule has 0 atom stereocenters. The molecule has 0 amide bonds. The molecule has 0 aliphatic rings. The van der Waals surface area contributed by atoms with Crippen molar-refractivity contribution >= 4 is 28.0 Å². The van der Waals surface area contributed by atoms with Gasteiger partial charge in [0.1, 0.15) is 5.82 Å². The average molecular weight is 245 g/mol. The highest BCUT2D eigenvalue weighted by atomic mass is 79.9. The molecule has 1 aromatic carbocycles. The van der Waals surface area contributed by atoms with Gasteiger partial charge in [0.05, 0.1) is 0 Å². The first-order chi connectivity index (χ1) is 6.09. The molecule has 0 saturated heterocycles. The van der Waals surface area contributed by atoms with Crippen LogP contribution in [0.3, 0.4) is 0 Å². The molecular weight excluding hydrogens is 239 g/mol. The van der Waals surface area contributed by atoms with E-state index in [2.05, 4.69) is 15.9 Å². The van der Waals surface area contributed by atoms with E-state index in [4.69, 9.17) is 5.11 Å². The van der Waals surface area contributed by atoms with Gasteiger partial charge < -0.3 is 5.11 Å². The molecular formula is C9H6BrFO2. The van der Waals surface area contributed by atoms with E-state index in [-0.39, 0.29) is 5.82 Å². The fourth-order valence-corrected chi connectivity index (χ4v) is 1.28. The molecule has 0 fully saturated rings. The van der Waals surface area contributed by atoms with Gasteiger partial charge in [0.15, 0.2) is 0 Å². The number of hydrogen-bond donors (Lipinski definition) is 1. The molecule has 1 rings (SSSR count). The number of halogens is 2. The highest BCUT2D eigenvalue weighted by Gasteiger charge is 1.98. The van der Waals surface area contributed by atoms with Crippen LogP contribution in [0, 0.1) is 5.82 Å². The van der Waals surface area contributed by atoms with Gasteiger partial charge in [0, 0.05) is 10.5 Å². The van der Waals surface area contributed by atoms with Crippen LogP contribution < -0.4 is 0 Å². The van der Waals surface area contributed by atoms with Gasteiger partial charge >= 0.3 is 5.97 Å². The maximum absolute atomic E-state index is 12.6. The highest BCUT2D eigenvalue weighted by Crippen LogP contribution is 2.19. The maximum atomic E-state index is 12.6. The zero-order valence-corrected chi connectivity index (χ0v) is 8.08. The molecule has 1 aromatic rings. The van der Waals surface area contributed by atoms with Crippen LogP contribution in [-0.4, -0.2) is 11.1 Å². The Labute approximate surface area is 82.8 Å². The molecule has 1 N–H and O–H groups in total. The van der Waals surface area contributed by atoms with E-state index in [1.165, 1.54) is 24.3 Å². The van der Waals surface area contributed by atoms with Gasteiger partial charge in [-0.05, 0) is 23.8 Å². The van der Waals surface area contributed by atoms with Crippen LogP contribution in [0.4, 0.5) is 4.39 Å². The lowest BCUT2D eigenvalue weighted by Crippen LogP contribution is -1.86. The quantitative estimate of drug-likeness (QED) is 0.813. The third-order valence-corrected chi connectivity index (χ3v) is 2.05. The number of carbonyl (C=O) groups is 1. The second-order valence-electron chi connectivity index (χ2n) is 2.34. The molecule has 4 heteroatoms. The molecule has 0 aliphatic carbocycles. The molecule has 0 saturated carbocycles. The van der Waals surface area contributed by atoms with Crippen LogP contribution in [0.2, 0.25) is 0 Å². The highest BCUT2D eigenvalue weighted by molar-refractivity contribution is 9.10. The first-order valence-electron chi connectivity index (χ1n) is 3.45. The van der Waals surface area contributed by atoms with Crippen molar-refractivity contribution in [2.75, 3.05) is 0 Å². The third-order valence-electron chi connectivity index (χ3n) is 1.37. The normalized spacial score (nSPS) is 10.6. The second-order valence-corrected chi connectivity index (χ2v) is 3.19. The van der Waals surface area contributed by atoms with Gasteiger partial charge in [-0.15, -0.1) is 0 Å². The number of carboxylic acids is 1. The van der Waals surface area contributed by atoms with Crippen molar-refractivity contribution in [1.82, 2.24) is 0 Å². The lowest BCUT2D eigenvalue weighted by molar-refractivity contribution is -0.131. The van der Waals surface area contributed by atoms with Gasteiger partial charge in [-0.2, -0.15) is 0 Å². The summed E-state index contributed by atoms with van der Waals surface area (Å²) in [7, 11) is 0. The topological polar surface area (TPSA) is 37.3 Å². The Morgan fingerprint density at radius 3 is 2.77 bits per heavy atom.